The second-order valence-corrected chi connectivity index (χ2v) is 7.08. The van der Waals surface area contributed by atoms with Crippen LogP contribution < -0.4 is 11.2 Å². The fraction of sp³-hybridized carbons (Fsp3) is 0. The van der Waals surface area contributed by atoms with Gasteiger partial charge in [0.15, 0.2) is 0 Å². The zero-order valence-corrected chi connectivity index (χ0v) is 16.7. The van der Waals surface area contributed by atoms with Gasteiger partial charge in [-0.3, -0.25) is 14.6 Å². The lowest BCUT2D eigenvalue weighted by atomic mass is 10.1. The Kier molecular flexibility index (Phi) is 4.72. The van der Waals surface area contributed by atoms with Gasteiger partial charge in [0.2, 0.25) is 0 Å². The second-order valence-electron chi connectivity index (χ2n) is 7.08. The summed E-state index contributed by atoms with van der Waals surface area (Å²) in [5, 5.41) is 6.58. The van der Waals surface area contributed by atoms with E-state index < -0.39 is 11.8 Å². The molecule has 0 saturated heterocycles. The summed E-state index contributed by atoms with van der Waals surface area (Å²) < 4.78 is 0. The molecule has 3 heterocycles. The molecule has 5 rings (SSSR count). The van der Waals surface area contributed by atoms with Gasteiger partial charge in [0.05, 0.1) is 22.8 Å². The molecule has 3 N–H and O–H groups in total. The fourth-order valence-corrected chi connectivity index (χ4v) is 3.48. The van der Waals surface area contributed by atoms with Crippen molar-refractivity contribution in [2.24, 2.45) is 10.8 Å². The predicted molar refractivity (Wildman–Crippen MR) is 122 cm³/mol. The van der Waals surface area contributed by atoms with E-state index in [1.165, 1.54) is 0 Å². The topological polar surface area (TPSA) is 123 Å². The third-order valence-corrected chi connectivity index (χ3v) is 5.06. The molecule has 0 radical (unpaired) electrons. The molecule has 8 nitrogen and oxygen atoms in total. The Balaban J connectivity index is 1.46. The number of aromatic nitrogens is 3. The molecule has 2 amide bonds. The molecule has 3 aromatic heterocycles. The van der Waals surface area contributed by atoms with Crippen LogP contribution in [0.4, 0.5) is 0 Å². The van der Waals surface area contributed by atoms with Gasteiger partial charge >= 0.3 is 0 Å². The van der Waals surface area contributed by atoms with Crippen molar-refractivity contribution in [3.05, 3.63) is 89.9 Å². The summed E-state index contributed by atoms with van der Waals surface area (Å²) in [6.45, 7) is 0. The predicted octanol–water partition coefficient (Wildman–Crippen LogP) is 3.19. The van der Waals surface area contributed by atoms with Gasteiger partial charge in [-0.2, -0.15) is 5.10 Å². The first kappa shape index (κ1) is 19.3. The van der Waals surface area contributed by atoms with Crippen LogP contribution in [-0.2, 0) is 0 Å². The van der Waals surface area contributed by atoms with Gasteiger partial charge < -0.3 is 5.73 Å². The van der Waals surface area contributed by atoms with E-state index in [-0.39, 0.29) is 11.4 Å². The first-order chi connectivity index (χ1) is 15.6. The fourth-order valence-electron chi connectivity index (χ4n) is 3.48. The summed E-state index contributed by atoms with van der Waals surface area (Å²) in [7, 11) is 0. The summed E-state index contributed by atoms with van der Waals surface area (Å²) in [6, 6.07) is 19.9. The number of hydrogen-bond donors (Lipinski definition) is 2. The van der Waals surface area contributed by atoms with Crippen LogP contribution in [0, 0.1) is 0 Å². The van der Waals surface area contributed by atoms with Crippen LogP contribution in [0.2, 0.25) is 0 Å². The SMILES string of the molecule is NC(=O)c1ccc2ccc3ccc(C(=O)N/N=C/c4ccnc5ccccc45)nc3c2n1. The number of primary amides is 1. The molecule has 0 bridgehead atoms. The van der Waals surface area contributed by atoms with E-state index in [0.29, 0.717) is 11.0 Å². The van der Waals surface area contributed by atoms with Gasteiger partial charge in [-0.25, -0.2) is 15.4 Å². The van der Waals surface area contributed by atoms with Gasteiger partial charge in [0, 0.05) is 27.9 Å². The van der Waals surface area contributed by atoms with Crippen molar-refractivity contribution in [2.45, 2.75) is 0 Å². The van der Waals surface area contributed by atoms with Crippen molar-refractivity contribution in [2.75, 3.05) is 0 Å². The molecule has 0 fully saturated rings. The number of amides is 2. The van der Waals surface area contributed by atoms with Gasteiger partial charge in [-0.1, -0.05) is 42.5 Å². The molecule has 0 saturated carbocycles. The zero-order chi connectivity index (χ0) is 22.1. The van der Waals surface area contributed by atoms with Crippen LogP contribution in [0.1, 0.15) is 26.5 Å². The van der Waals surface area contributed by atoms with Crippen molar-refractivity contribution < 1.29 is 9.59 Å². The maximum absolute atomic E-state index is 12.7. The Morgan fingerprint density at radius 2 is 1.50 bits per heavy atom. The van der Waals surface area contributed by atoms with E-state index in [4.69, 9.17) is 5.73 Å². The minimum Gasteiger partial charge on any atom is -0.364 e. The number of pyridine rings is 3. The number of nitrogens with two attached hydrogens (primary N) is 1. The molecule has 5 aromatic rings. The lowest BCUT2D eigenvalue weighted by molar-refractivity contribution is 0.0949. The molecular formula is C24H16N6O2. The number of rotatable bonds is 4. The summed E-state index contributed by atoms with van der Waals surface area (Å²) in [5.41, 5.74) is 10.8. The maximum atomic E-state index is 12.7. The second kappa shape index (κ2) is 7.84. The average Bonchev–Trinajstić information content (AvgIpc) is 2.83. The molecule has 0 aliphatic carbocycles. The summed E-state index contributed by atoms with van der Waals surface area (Å²) in [6.07, 6.45) is 3.26. The molecule has 0 atom stereocenters. The van der Waals surface area contributed by atoms with E-state index in [0.717, 1.165) is 27.2 Å². The monoisotopic (exact) mass is 420 g/mol. The zero-order valence-electron chi connectivity index (χ0n) is 16.7. The van der Waals surface area contributed by atoms with Crippen molar-refractivity contribution in [1.29, 1.82) is 0 Å². The molecule has 0 unspecified atom stereocenters. The number of para-hydroxylation sites is 1. The van der Waals surface area contributed by atoms with Crippen LogP contribution in [0.3, 0.4) is 0 Å². The minimum absolute atomic E-state index is 0.135. The van der Waals surface area contributed by atoms with Gasteiger partial charge in [-0.15, -0.1) is 0 Å². The number of hydrogen-bond acceptors (Lipinski definition) is 6. The van der Waals surface area contributed by atoms with Crippen LogP contribution in [0.25, 0.3) is 32.7 Å². The van der Waals surface area contributed by atoms with Crippen LogP contribution >= 0.6 is 0 Å². The number of benzene rings is 2. The summed E-state index contributed by atoms with van der Waals surface area (Å²) in [4.78, 5) is 37.3. The van der Waals surface area contributed by atoms with E-state index in [9.17, 15) is 9.59 Å². The van der Waals surface area contributed by atoms with Crippen LogP contribution in [0.15, 0.2) is 78.0 Å². The Labute approximate surface area is 181 Å². The number of nitrogens with one attached hydrogen (secondary N) is 1. The summed E-state index contributed by atoms with van der Waals surface area (Å²) >= 11 is 0. The molecule has 8 heteroatoms. The number of fused-ring (bicyclic) bond motifs is 4. The molecule has 2 aromatic carbocycles. The number of nitrogens with zero attached hydrogens (tertiary/aromatic N) is 4. The molecular weight excluding hydrogens is 404 g/mol. The smallest absolute Gasteiger partial charge is 0.289 e. The third-order valence-electron chi connectivity index (χ3n) is 5.06. The lowest BCUT2D eigenvalue weighted by Gasteiger charge is -2.06. The molecule has 0 spiro atoms. The van der Waals surface area contributed by atoms with E-state index in [1.54, 1.807) is 36.7 Å². The Hall–Kier alpha value is -4.72. The van der Waals surface area contributed by atoms with Gasteiger partial charge in [0.25, 0.3) is 11.8 Å². The van der Waals surface area contributed by atoms with E-state index >= 15 is 0 Å². The highest BCUT2D eigenvalue weighted by Crippen LogP contribution is 2.23. The van der Waals surface area contributed by atoms with Crippen molar-refractivity contribution in [1.82, 2.24) is 20.4 Å². The Bertz CT molecular complexity index is 1560. The first-order valence-electron chi connectivity index (χ1n) is 9.78. The number of carbonyl (C=O) groups is 2. The molecule has 32 heavy (non-hydrogen) atoms. The third kappa shape index (κ3) is 3.50. The van der Waals surface area contributed by atoms with E-state index in [2.05, 4.69) is 25.5 Å². The minimum atomic E-state index is -0.629. The largest absolute Gasteiger partial charge is 0.364 e. The van der Waals surface area contributed by atoms with Crippen LogP contribution in [0.5, 0.6) is 0 Å². The maximum Gasteiger partial charge on any atom is 0.289 e. The lowest BCUT2D eigenvalue weighted by Crippen LogP contribution is -2.19. The molecule has 0 aliphatic rings. The van der Waals surface area contributed by atoms with Crippen molar-refractivity contribution >= 4 is 50.7 Å². The normalized spacial score (nSPS) is 11.4. The Morgan fingerprint density at radius 3 is 2.25 bits per heavy atom. The van der Waals surface area contributed by atoms with Crippen molar-refractivity contribution in [3.63, 3.8) is 0 Å². The number of hydrazone groups is 1. The highest BCUT2D eigenvalue weighted by Gasteiger charge is 2.12. The number of carbonyl (C=O) groups excluding carboxylic acids is 2. The van der Waals surface area contributed by atoms with Crippen molar-refractivity contribution in [3.8, 4) is 0 Å². The molecule has 0 aliphatic heterocycles. The highest BCUT2D eigenvalue weighted by atomic mass is 16.2. The summed E-state index contributed by atoms with van der Waals surface area (Å²) in [5.74, 6) is -1.10. The molecule has 154 valence electrons. The average molecular weight is 420 g/mol. The van der Waals surface area contributed by atoms with E-state index in [1.807, 2.05) is 42.5 Å². The van der Waals surface area contributed by atoms with Crippen LogP contribution in [-0.4, -0.2) is 33.0 Å². The Morgan fingerprint density at radius 1 is 0.844 bits per heavy atom. The van der Waals surface area contributed by atoms with Gasteiger partial charge in [0.1, 0.15) is 11.4 Å². The van der Waals surface area contributed by atoms with Gasteiger partial charge in [-0.05, 0) is 24.3 Å². The highest BCUT2D eigenvalue weighted by molar-refractivity contribution is 6.06. The quantitative estimate of drug-likeness (QED) is 0.263. The standard InChI is InChI=1S/C24H16N6O2/c25-23(31)19-9-7-14-5-6-15-8-10-20(29-22(15)21(14)28-19)24(32)30-27-13-16-11-12-26-18-4-2-1-3-17(16)18/h1-13H,(H2,25,31)(H,30,32)/b27-13+. The first-order valence-corrected chi connectivity index (χ1v) is 9.78.